The van der Waals surface area contributed by atoms with E-state index in [0.29, 0.717) is 23.0 Å². The van der Waals surface area contributed by atoms with E-state index in [1.54, 1.807) is 12.1 Å². The number of nitrogens with zero attached hydrogens (tertiary/aromatic N) is 2. The number of rotatable bonds is 5. The topological polar surface area (TPSA) is 91.8 Å². The summed E-state index contributed by atoms with van der Waals surface area (Å²) >= 11 is 1.29. The number of carbonyl (C=O) groups is 1. The standard InChI is InChI=1S/C11H14N4OS/c1-2-5-14-10(16)7-17-11-4-3-8(13)9(6-12)15-11/h3-4H,2,5,7,13H2,1H3,(H,14,16). The molecule has 1 rings (SSSR count). The highest BCUT2D eigenvalue weighted by Gasteiger charge is 2.05. The van der Waals surface area contributed by atoms with Gasteiger partial charge >= 0.3 is 0 Å². The van der Waals surface area contributed by atoms with Gasteiger partial charge in [-0.05, 0) is 18.6 Å². The summed E-state index contributed by atoms with van der Waals surface area (Å²) in [6, 6.07) is 5.23. The Morgan fingerprint density at radius 3 is 3.06 bits per heavy atom. The predicted octanol–water partition coefficient (Wildman–Crippen LogP) is 1.15. The lowest BCUT2D eigenvalue weighted by atomic mass is 10.3. The number of thioether (sulfide) groups is 1. The molecular formula is C11H14N4OS. The van der Waals surface area contributed by atoms with E-state index >= 15 is 0 Å². The van der Waals surface area contributed by atoms with Crippen LogP contribution in [0.3, 0.4) is 0 Å². The molecule has 0 aromatic carbocycles. The molecule has 0 aliphatic heterocycles. The summed E-state index contributed by atoms with van der Waals surface area (Å²) in [5.41, 5.74) is 6.10. The number of nitriles is 1. The molecule has 0 saturated carbocycles. The number of nitrogens with two attached hydrogens (primary N) is 1. The lowest BCUT2D eigenvalue weighted by Gasteiger charge is -2.04. The Morgan fingerprint density at radius 1 is 1.65 bits per heavy atom. The van der Waals surface area contributed by atoms with E-state index in [0.717, 1.165) is 6.42 Å². The fourth-order valence-electron chi connectivity index (χ4n) is 1.08. The second-order valence-electron chi connectivity index (χ2n) is 3.34. The normalized spacial score (nSPS) is 9.65. The predicted molar refractivity (Wildman–Crippen MR) is 67.4 cm³/mol. The van der Waals surface area contributed by atoms with Gasteiger partial charge in [-0.25, -0.2) is 4.98 Å². The van der Waals surface area contributed by atoms with Crippen LogP contribution in [0.2, 0.25) is 0 Å². The number of hydrogen-bond donors (Lipinski definition) is 2. The number of carbonyl (C=O) groups excluding carboxylic acids is 1. The second-order valence-corrected chi connectivity index (χ2v) is 4.33. The first-order chi connectivity index (χ1) is 8.17. The summed E-state index contributed by atoms with van der Waals surface area (Å²) in [6.45, 7) is 2.67. The van der Waals surface area contributed by atoms with Crippen molar-refractivity contribution < 1.29 is 4.79 Å². The first-order valence-electron chi connectivity index (χ1n) is 5.23. The van der Waals surface area contributed by atoms with Crippen LogP contribution in [-0.4, -0.2) is 23.2 Å². The zero-order valence-corrected chi connectivity index (χ0v) is 10.4. The van der Waals surface area contributed by atoms with Crippen molar-refractivity contribution in [1.29, 1.82) is 5.26 Å². The largest absolute Gasteiger partial charge is 0.396 e. The van der Waals surface area contributed by atoms with E-state index in [4.69, 9.17) is 11.0 Å². The number of aromatic nitrogens is 1. The Hall–Kier alpha value is -1.74. The summed E-state index contributed by atoms with van der Waals surface area (Å²) in [5.74, 6) is 0.260. The highest BCUT2D eigenvalue weighted by atomic mass is 32.2. The number of hydrogen-bond acceptors (Lipinski definition) is 5. The third-order valence-electron chi connectivity index (χ3n) is 1.93. The quantitative estimate of drug-likeness (QED) is 0.765. The van der Waals surface area contributed by atoms with Crippen molar-refractivity contribution in [2.45, 2.75) is 18.4 Å². The van der Waals surface area contributed by atoms with Crippen molar-refractivity contribution in [3.63, 3.8) is 0 Å². The molecule has 0 aliphatic carbocycles. The smallest absolute Gasteiger partial charge is 0.230 e. The SMILES string of the molecule is CCCNC(=O)CSc1ccc(N)c(C#N)n1. The van der Waals surface area contributed by atoms with E-state index in [2.05, 4.69) is 10.3 Å². The van der Waals surface area contributed by atoms with Crippen LogP contribution < -0.4 is 11.1 Å². The van der Waals surface area contributed by atoms with Crippen LogP contribution in [0.5, 0.6) is 0 Å². The van der Waals surface area contributed by atoms with Gasteiger partial charge in [0.15, 0.2) is 5.69 Å². The third kappa shape index (κ3) is 4.33. The maximum atomic E-state index is 11.3. The van der Waals surface area contributed by atoms with Gasteiger partial charge in [-0.1, -0.05) is 18.7 Å². The minimum atomic E-state index is -0.0333. The van der Waals surface area contributed by atoms with E-state index in [-0.39, 0.29) is 11.6 Å². The monoisotopic (exact) mass is 250 g/mol. The van der Waals surface area contributed by atoms with Gasteiger partial charge in [0.1, 0.15) is 6.07 Å². The zero-order chi connectivity index (χ0) is 12.7. The van der Waals surface area contributed by atoms with Crippen molar-refractivity contribution in [2.24, 2.45) is 0 Å². The van der Waals surface area contributed by atoms with Crippen LogP contribution in [-0.2, 0) is 4.79 Å². The Morgan fingerprint density at radius 2 is 2.41 bits per heavy atom. The molecule has 3 N–H and O–H groups in total. The summed E-state index contributed by atoms with van der Waals surface area (Å²) in [4.78, 5) is 15.4. The van der Waals surface area contributed by atoms with Gasteiger partial charge in [0.2, 0.25) is 5.91 Å². The second kappa shape index (κ2) is 6.76. The molecule has 1 aromatic rings. The van der Waals surface area contributed by atoms with Crippen molar-refractivity contribution in [1.82, 2.24) is 10.3 Å². The van der Waals surface area contributed by atoms with Gasteiger partial charge in [0, 0.05) is 6.54 Å². The lowest BCUT2D eigenvalue weighted by Crippen LogP contribution is -2.25. The third-order valence-corrected chi connectivity index (χ3v) is 2.86. The van der Waals surface area contributed by atoms with Gasteiger partial charge < -0.3 is 11.1 Å². The molecule has 90 valence electrons. The number of nitrogens with one attached hydrogen (secondary N) is 1. The van der Waals surface area contributed by atoms with E-state index in [1.807, 2.05) is 13.0 Å². The van der Waals surface area contributed by atoms with Crippen molar-refractivity contribution >= 4 is 23.4 Å². The summed E-state index contributed by atoms with van der Waals surface area (Å²) < 4.78 is 0. The molecule has 6 heteroatoms. The lowest BCUT2D eigenvalue weighted by molar-refractivity contribution is -0.118. The Labute approximate surface area is 104 Å². The summed E-state index contributed by atoms with van der Waals surface area (Å²) in [6.07, 6.45) is 0.912. The molecule has 0 bridgehead atoms. The Bertz CT molecular complexity index is 442. The van der Waals surface area contributed by atoms with Crippen LogP contribution in [0.4, 0.5) is 5.69 Å². The van der Waals surface area contributed by atoms with E-state index in [9.17, 15) is 4.79 Å². The van der Waals surface area contributed by atoms with Gasteiger partial charge in [-0.2, -0.15) is 5.26 Å². The number of amides is 1. The highest BCUT2D eigenvalue weighted by molar-refractivity contribution is 7.99. The first kappa shape index (κ1) is 13.3. The molecule has 5 nitrogen and oxygen atoms in total. The van der Waals surface area contributed by atoms with Crippen molar-refractivity contribution in [2.75, 3.05) is 18.0 Å². The van der Waals surface area contributed by atoms with Gasteiger partial charge in [0.25, 0.3) is 0 Å². The molecule has 0 atom stereocenters. The van der Waals surface area contributed by atoms with Crippen LogP contribution in [0, 0.1) is 11.3 Å². The first-order valence-corrected chi connectivity index (χ1v) is 6.22. The molecule has 0 aliphatic rings. The van der Waals surface area contributed by atoms with Gasteiger partial charge in [-0.15, -0.1) is 0 Å². The van der Waals surface area contributed by atoms with Crippen molar-refractivity contribution in [3.05, 3.63) is 17.8 Å². The molecule has 1 amide bonds. The number of pyridine rings is 1. The molecule has 0 spiro atoms. The fourth-order valence-corrected chi connectivity index (χ4v) is 1.78. The van der Waals surface area contributed by atoms with Crippen LogP contribution in [0.25, 0.3) is 0 Å². The average Bonchev–Trinajstić information content (AvgIpc) is 2.35. The molecule has 17 heavy (non-hydrogen) atoms. The number of anilines is 1. The zero-order valence-electron chi connectivity index (χ0n) is 9.56. The Kier molecular flexibility index (Phi) is 5.30. The highest BCUT2D eigenvalue weighted by Crippen LogP contribution is 2.18. The average molecular weight is 250 g/mol. The molecular weight excluding hydrogens is 236 g/mol. The maximum absolute atomic E-state index is 11.3. The van der Waals surface area contributed by atoms with Crippen LogP contribution in [0.1, 0.15) is 19.0 Å². The van der Waals surface area contributed by atoms with Gasteiger partial charge in [0.05, 0.1) is 16.5 Å². The van der Waals surface area contributed by atoms with Gasteiger partial charge in [-0.3, -0.25) is 4.79 Å². The van der Waals surface area contributed by atoms with E-state index < -0.39 is 0 Å². The van der Waals surface area contributed by atoms with E-state index in [1.165, 1.54) is 11.8 Å². The fraction of sp³-hybridized carbons (Fsp3) is 0.364. The minimum absolute atomic E-state index is 0.0333. The summed E-state index contributed by atoms with van der Waals surface area (Å²) in [7, 11) is 0. The maximum Gasteiger partial charge on any atom is 0.230 e. The molecule has 0 saturated heterocycles. The molecule has 0 unspecified atom stereocenters. The number of nitrogen functional groups attached to an aromatic ring is 1. The van der Waals surface area contributed by atoms with Crippen LogP contribution in [0.15, 0.2) is 17.2 Å². The Balaban J connectivity index is 2.53. The molecule has 1 aromatic heterocycles. The molecule has 1 heterocycles. The summed E-state index contributed by atoms with van der Waals surface area (Å²) in [5, 5.41) is 12.1. The molecule has 0 radical (unpaired) electrons. The van der Waals surface area contributed by atoms with Crippen LogP contribution >= 0.6 is 11.8 Å². The minimum Gasteiger partial charge on any atom is -0.396 e. The molecule has 0 fully saturated rings. The van der Waals surface area contributed by atoms with Crippen molar-refractivity contribution in [3.8, 4) is 6.07 Å².